The Kier molecular flexibility index (Phi) is 3.27. The van der Waals surface area contributed by atoms with Crippen LogP contribution < -0.4 is 0 Å². The van der Waals surface area contributed by atoms with Gasteiger partial charge < -0.3 is 9.30 Å². The molecule has 0 saturated heterocycles. The molecule has 1 aromatic carbocycles. The molecule has 0 spiro atoms. The van der Waals surface area contributed by atoms with E-state index in [1.54, 1.807) is 6.08 Å². The molecule has 5 rings (SSSR count). The number of pyridine rings is 1. The van der Waals surface area contributed by atoms with Gasteiger partial charge in [-0.25, -0.2) is 4.79 Å². The summed E-state index contributed by atoms with van der Waals surface area (Å²) < 4.78 is 6.62. The van der Waals surface area contributed by atoms with E-state index in [2.05, 4.69) is 56.9 Å². The van der Waals surface area contributed by atoms with Crippen LogP contribution in [0.3, 0.4) is 0 Å². The molecule has 4 heterocycles. The molecule has 4 heteroatoms. The summed E-state index contributed by atoms with van der Waals surface area (Å²) in [5.41, 5.74) is 3.46. The van der Waals surface area contributed by atoms with Gasteiger partial charge in [0.1, 0.15) is 6.61 Å². The molecular formula is C19H14N2O2. The number of aromatic nitrogens is 2. The highest BCUT2D eigenvalue weighted by atomic mass is 16.5. The first-order chi connectivity index (χ1) is 11.3. The predicted molar refractivity (Wildman–Crippen MR) is 91.7 cm³/mol. The van der Waals surface area contributed by atoms with Crippen molar-refractivity contribution in [3.8, 4) is 0 Å². The number of ether oxygens (including phenoxy) is 1. The summed E-state index contributed by atoms with van der Waals surface area (Å²) >= 11 is 0. The predicted octanol–water partition coefficient (Wildman–Crippen LogP) is 3.79. The molecule has 0 N–H and O–H groups in total. The number of nitrogens with zero attached hydrogens (tertiary/aromatic N) is 2. The van der Waals surface area contributed by atoms with Gasteiger partial charge in [0.2, 0.25) is 0 Å². The van der Waals surface area contributed by atoms with Gasteiger partial charge in [-0.3, -0.25) is 4.98 Å². The van der Waals surface area contributed by atoms with Crippen LogP contribution in [-0.4, -0.2) is 22.1 Å². The number of fused-ring (bicyclic) bond motifs is 3. The van der Waals surface area contributed by atoms with Crippen LogP contribution in [0.4, 0.5) is 0 Å². The van der Waals surface area contributed by atoms with Crippen molar-refractivity contribution in [2.75, 3.05) is 6.61 Å². The van der Waals surface area contributed by atoms with Crippen molar-refractivity contribution in [2.45, 2.75) is 0 Å². The lowest BCUT2D eigenvalue weighted by atomic mass is 10.1. The van der Waals surface area contributed by atoms with E-state index < -0.39 is 0 Å². The van der Waals surface area contributed by atoms with E-state index in [4.69, 9.17) is 0 Å². The normalized spacial score (nSPS) is 14.7. The molecule has 0 atom stereocenters. The summed E-state index contributed by atoms with van der Waals surface area (Å²) in [5.74, 6) is -0.227. The molecule has 0 aliphatic carbocycles. The maximum atomic E-state index is 9.93. The van der Waals surface area contributed by atoms with Crippen molar-refractivity contribution in [2.24, 2.45) is 0 Å². The topological polar surface area (TPSA) is 44.1 Å². The number of carbonyl (C=O) groups excluding carboxylic acids is 1. The highest BCUT2D eigenvalue weighted by Gasteiger charge is 2.12. The molecule has 0 saturated carbocycles. The van der Waals surface area contributed by atoms with Crippen LogP contribution in [0.1, 0.15) is 5.69 Å². The van der Waals surface area contributed by atoms with E-state index in [9.17, 15) is 4.79 Å². The maximum absolute atomic E-state index is 9.93. The Morgan fingerprint density at radius 1 is 1.04 bits per heavy atom. The Morgan fingerprint density at radius 2 is 1.96 bits per heavy atom. The van der Waals surface area contributed by atoms with Gasteiger partial charge in [0.25, 0.3) is 0 Å². The maximum Gasteiger partial charge on any atom is 0.330 e. The van der Waals surface area contributed by atoms with Crippen LogP contribution >= 0.6 is 0 Å². The van der Waals surface area contributed by atoms with Crippen LogP contribution in [0.15, 0.2) is 60.8 Å². The second-order valence-electron chi connectivity index (χ2n) is 5.21. The zero-order valence-corrected chi connectivity index (χ0v) is 12.3. The summed E-state index contributed by atoms with van der Waals surface area (Å²) in [6.45, 7) is 0.457. The van der Waals surface area contributed by atoms with Gasteiger partial charge in [0, 0.05) is 29.2 Å². The first-order valence-electron chi connectivity index (χ1n) is 7.40. The molecule has 0 unspecified atom stereocenters. The smallest absolute Gasteiger partial charge is 0.330 e. The number of hydrogen-bond donors (Lipinski definition) is 0. The molecule has 2 aromatic heterocycles. The van der Waals surface area contributed by atoms with Crippen molar-refractivity contribution in [1.29, 1.82) is 0 Å². The third-order valence-electron chi connectivity index (χ3n) is 3.82. The average Bonchev–Trinajstić information content (AvgIpc) is 3.11. The summed E-state index contributed by atoms with van der Waals surface area (Å²) in [6, 6.07) is 10.6. The number of hydrogen-bond acceptors (Lipinski definition) is 3. The van der Waals surface area contributed by atoms with E-state index >= 15 is 0 Å². The Labute approximate surface area is 133 Å². The van der Waals surface area contributed by atoms with Gasteiger partial charge in [0.15, 0.2) is 0 Å². The lowest BCUT2D eigenvalue weighted by Crippen LogP contribution is -1.89. The van der Waals surface area contributed by atoms with Gasteiger partial charge >= 0.3 is 5.97 Å². The first-order valence-corrected chi connectivity index (χ1v) is 7.40. The number of rotatable bonds is 0. The molecule has 0 fully saturated rings. The van der Waals surface area contributed by atoms with E-state index in [1.807, 2.05) is 18.3 Å². The number of carbonyl (C=O) groups is 1. The second-order valence-corrected chi connectivity index (χ2v) is 5.21. The molecular weight excluding hydrogens is 288 g/mol. The molecule has 2 aliphatic heterocycles. The van der Waals surface area contributed by atoms with Crippen LogP contribution in [0.2, 0.25) is 0 Å². The Balaban J connectivity index is 0.000000192. The largest absolute Gasteiger partial charge is 0.458 e. The fourth-order valence-corrected chi connectivity index (χ4v) is 2.85. The zero-order valence-electron chi connectivity index (χ0n) is 12.3. The number of esters is 1. The van der Waals surface area contributed by atoms with Crippen molar-refractivity contribution in [3.63, 3.8) is 0 Å². The van der Waals surface area contributed by atoms with E-state index in [0.717, 1.165) is 5.69 Å². The van der Waals surface area contributed by atoms with E-state index in [0.29, 0.717) is 6.61 Å². The summed E-state index contributed by atoms with van der Waals surface area (Å²) in [7, 11) is 0. The number of allylic oxidation sites excluding steroid dienone is 2. The van der Waals surface area contributed by atoms with Crippen LogP contribution in [0, 0.1) is 0 Å². The van der Waals surface area contributed by atoms with Gasteiger partial charge in [-0.1, -0.05) is 24.3 Å². The third kappa shape index (κ3) is 2.34. The standard InChI is InChI=1S/C15H10N2.C4H4O2/c1-2-7-14-11(5-1)12-8-9-16-13-6-3-4-10-17(14)15(12)13;5-4-2-1-3-6-4/h1-10H;1-2H,3H2. The van der Waals surface area contributed by atoms with Crippen molar-refractivity contribution in [3.05, 3.63) is 66.5 Å². The zero-order chi connectivity index (χ0) is 15.6. The minimum Gasteiger partial charge on any atom is -0.458 e. The van der Waals surface area contributed by atoms with Crippen molar-refractivity contribution in [1.82, 2.24) is 9.55 Å². The van der Waals surface area contributed by atoms with Crippen LogP contribution in [-0.2, 0) is 9.53 Å². The summed E-state index contributed by atoms with van der Waals surface area (Å²) in [4.78, 5) is 14.4. The molecule has 4 nitrogen and oxygen atoms in total. The Hall–Kier alpha value is -3.14. The molecule has 112 valence electrons. The van der Waals surface area contributed by atoms with Crippen LogP contribution in [0.25, 0.3) is 34.1 Å². The van der Waals surface area contributed by atoms with Gasteiger partial charge in [0.05, 0.1) is 16.7 Å². The average molecular weight is 302 g/mol. The third-order valence-corrected chi connectivity index (χ3v) is 3.82. The van der Waals surface area contributed by atoms with Crippen LogP contribution in [0.5, 0.6) is 0 Å². The van der Waals surface area contributed by atoms with Crippen molar-refractivity contribution >= 4 is 40.1 Å². The molecule has 3 aromatic rings. The first kappa shape index (κ1) is 13.5. The number of cyclic esters (lactones) is 1. The summed E-state index contributed by atoms with van der Waals surface area (Å²) in [5, 5.41) is 2.55. The van der Waals surface area contributed by atoms with Gasteiger partial charge in [-0.2, -0.15) is 0 Å². The van der Waals surface area contributed by atoms with E-state index in [-0.39, 0.29) is 5.97 Å². The summed E-state index contributed by atoms with van der Waals surface area (Å²) in [6.07, 6.45) is 13.2. The highest BCUT2D eigenvalue weighted by Crippen LogP contribution is 2.31. The lowest BCUT2D eigenvalue weighted by Gasteiger charge is -2.00. The number of benzene rings is 1. The van der Waals surface area contributed by atoms with Gasteiger partial charge in [-0.15, -0.1) is 0 Å². The van der Waals surface area contributed by atoms with Crippen molar-refractivity contribution < 1.29 is 9.53 Å². The molecule has 23 heavy (non-hydrogen) atoms. The van der Waals surface area contributed by atoms with E-state index in [1.165, 1.54) is 27.9 Å². The number of para-hydroxylation sites is 1. The quantitative estimate of drug-likeness (QED) is 0.593. The minimum absolute atomic E-state index is 0.227. The Bertz CT molecular complexity index is 993. The Morgan fingerprint density at radius 3 is 2.74 bits per heavy atom. The molecule has 0 radical (unpaired) electrons. The fourth-order valence-electron chi connectivity index (χ4n) is 2.85. The second kappa shape index (κ2) is 5.57. The monoisotopic (exact) mass is 302 g/mol. The lowest BCUT2D eigenvalue weighted by molar-refractivity contribution is -0.134. The highest BCUT2D eigenvalue weighted by molar-refractivity contribution is 6.11. The molecule has 0 amide bonds. The van der Waals surface area contributed by atoms with Gasteiger partial charge in [-0.05, 0) is 30.4 Å². The minimum atomic E-state index is -0.227. The molecule has 2 aliphatic rings. The molecule has 0 bridgehead atoms. The fraction of sp³-hybridized carbons (Fsp3) is 0.0526. The SMILES string of the molecule is C1=Cc2nccc3c4ccccc4n(c23)C=C1.O=C1C=CCO1.